The molecule has 0 aromatic carbocycles. The number of H-pyrrole nitrogens is 1. The van der Waals surface area contributed by atoms with Crippen LogP contribution in [0.4, 0.5) is 4.39 Å². The maximum absolute atomic E-state index is 13.0. The van der Waals surface area contributed by atoms with Crippen LogP contribution in [0.25, 0.3) is 11.2 Å². The highest BCUT2D eigenvalue weighted by atomic mass is 19.1. The minimum absolute atomic E-state index is 0.310. The molecular weight excluding hydrogens is 147 g/mol. The molecule has 0 saturated heterocycles. The van der Waals surface area contributed by atoms with Gasteiger partial charge in [-0.25, -0.2) is 9.07 Å². The van der Waals surface area contributed by atoms with Crippen molar-refractivity contribution in [2.24, 2.45) is 7.05 Å². The summed E-state index contributed by atoms with van der Waals surface area (Å²) >= 11 is 0. The minimum atomic E-state index is -0.312. The summed E-state index contributed by atoms with van der Waals surface area (Å²) in [6.07, 6.45) is 0. The van der Waals surface area contributed by atoms with Crippen LogP contribution in [0.1, 0.15) is 5.69 Å². The van der Waals surface area contributed by atoms with Crippen LogP contribution in [0.5, 0.6) is 0 Å². The van der Waals surface area contributed by atoms with E-state index in [1.165, 1.54) is 4.68 Å². The molecule has 0 atom stereocenters. The van der Waals surface area contributed by atoms with Gasteiger partial charge >= 0.3 is 0 Å². The van der Waals surface area contributed by atoms with Crippen molar-refractivity contribution in [3.8, 4) is 0 Å². The number of aromatic nitrogens is 4. The lowest BCUT2D eigenvalue weighted by Gasteiger charge is -1.84. The van der Waals surface area contributed by atoms with E-state index in [1.54, 1.807) is 14.0 Å². The minimum Gasteiger partial charge on any atom is -0.340 e. The Balaban J connectivity index is 2.93. The zero-order chi connectivity index (χ0) is 8.01. The Bertz CT molecular complexity index is 400. The molecule has 58 valence electrons. The zero-order valence-corrected chi connectivity index (χ0v) is 6.22. The number of rotatable bonds is 0. The Morgan fingerprint density at radius 1 is 1.55 bits per heavy atom. The van der Waals surface area contributed by atoms with Crippen LogP contribution in [0.3, 0.4) is 0 Å². The number of fused-ring (bicyclic) bond motifs is 1. The summed E-state index contributed by atoms with van der Waals surface area (Å²) in [7, 11) is 1.71. The topological polar surface area (TPSA) is 46.5 Å². The second kappa shape index (κ2) is 1.81. The van der Waals surface area contributed by atoms with Crippen LogP contribution >= 0.6 is 0 Å². The van der Waals surface area contributed by atoms with Crippen molar-refractivity contribution in [2.45, 2.75) is 6.92 Å². The number of halogens is 1. The van der Waals surface area contributed by atoms with Crippen molar-refractivity contribution >= 4 is 11.2 Å². The quantitative estimate of drug-likeness (QED) is 0.608. The van der Waals surface area contributed by atoms with Gasteiger partial charge in [0.1, 0.15) is 0 Å². The normalized spacial score (nSPS) is 11.2. The maximum Gasteiger partial charge on any atom is 0.173 e. The average Bonchev–Trinajstić information content (AvgIpc) is 2.43. The van der Waals surface area contributed by atoms with Crippen LogP contribution < -0.4 is 0 Å². The SMILES string of the molecule is Cc1[nH]c2c(nnn2C)c1F. The van der Waals surface area contributed by atoms with Gasteiger partial charge in [0.25, 0.3) is 0 Å². The van der Waals surface area contributed by atoms with Crippen molar-refractivity contribution in [1.29, 1.82) is 0 Å². The molecule has 5 heteroatoms. The van der Waals surface area contributed by atoms with Crippen molar-refractivity contribution in [3.05, 3.63) is 11.5 Å². The average molecular weight is 154 g/mol. The summed E-state index contributed by atoms with van der Waals surface area (Å²) < 4.78 is 14.5. The van der Waals surface area contributed by atoms with E-state index in [-0.39, 0.29) is 5.82 Å². The second-order valence-electron chi connectivity index (χ2n) is 2.47. The summed E-state index contributed by atoms with van der Waals surface area (Å²) in [5, 5.41) is 7.30. The third-order valence-electron chi connectivity index (χ3n) is 1.67. The van der Waals surface area contributed by atoms with Gasteiger partial charge in [0.2, 0.25) is 0 Å². The highest BCUT2D eigenvalue weighted by Gasteiger charge is 2.11. The van der Waals surface area contributed by atoms with Crippen molar-refractivity contribution in [3.63, 3.8) is 0 Å². The smallest absolute Gasteiger partial charge is 0.173 e. The van der Waals surface area contributed by atoms with Gasteiger partial charge in [-0.05, 0) is 6.92 Å². The van der Waals surface area contributed by atoms with Gasteiger partial charge in [-0.15, -0.1) is 5.10 Å². The summed E-state index contributed by atoms with van der Waals surface area (Å²) in [5.41, 5.74) is 1.44. The predicted molar refractivity (Wildman–Crippen MR) is 37.6 cm³/mol. The van der Waals surface area contributed by atoms with E-state index < -0.39 is 0 Å². The lowest BCUT2D eigenvalue weighted by Crippen LogP contribution is -1.91. The van der Waals surface area contributed by atoms with Gasteiger partial charge in [0.15, 0.2) is 17.0 Å². The molecule has 0 saturated carbocycles. The molecule has 0 bridgehead atoms. The zero-order valence-electron chi connectivity index (χ0n) is 6.22. The fourth-order valence-electron chi connectivity index (χ4n) is 1.06. The fraction of sp³-hybridized carbons (Fsp3) is 0.333. The Hall–Kier alpha value is -1.39. The van der Waals surface area contributed by atoms with Gasteiger partial charge in [-0.1, -0.05) is 5.21 Å². The van der Waals surface area contributed by atoms with Crippen LogP contribution in [0.15, 0.2) is 0 Å². The van der Waals surface area contributed by atoms with E-state index in [1.807, 2.05) is 0 Å². The highest BCUT2D eigenvalue weighted by molar-refractivity contribution is 5.72. The summed E-state index contributed by atoms with van der Waals surface area (Å²) in [6.45, 7) is 1.66. The van der Waals surface area contributed by atoms with Gasteiger partial charge < -0.3 is 4.98 Å². The van der Waals surface area contributed by atoms with Gasteiger partial charge in [0, 0.05) is 7.05 Å². The van der Waals surface area contributed by atoms with E-state index in [9.17, 15) is 4.39 Å². The Kier molecular flexibility index (Phi) is 1.04. The first-order valence-electron chi connectivity index (χ1n) is 3.23. The van der Waals surface area contributed by atoms with E-state index in [4.69, 9.17) is 0 Å². The molecule has 0 aliphatic carbocycles. The van der Waals surface area contributed by atoms with Crippen LogP contribution in [0.2, 0.25) is 0 Å². The Morgan fingerprint density at radius 2 is 2.27 bits per heavy atom. The van der Waals surface area contributed by atoms with E-state index >= 15 is 0 Å². The van der Waals surface area contributed by atoms with E-state index in [2.05, 4.69) is 15.3 Å². The first kappa shape index (κ1) is 6.33. The van der Waals surface area contributed by atoms with E-state index in [0.29, 0.717) is 16.9 Å². The largest absolute Gasteiger partial charge is 0.340 e. The molecule has 0 aliphatic heterocycles. The first-order chi connectivity index (χ1) is 5.20. The molecule has 0 spiro atoms. The molecule has 2 heterocycles. The number of aryl methyl sites for hydroxylation is 2. The predicted octanol–water partition coefficient (Wildman–Crippen LogP) is 0.744. The molecule has 11 heavy (non-hydrogen) atoms. The molecular formula is C6H7FN4. The van der Waals surface area contributed by atoms with Crippen molar-refractivity contribution in [1.82, 2.24) is 20.0 Å². The maximum atomic E-state index is 13.0. The molecule has 2 rings (SSSR count). The Labute approximate surface area is 62.0 Å². The molecule has 2 aromatic rings. The molecule has 0 radical (unpaired) electrons. The van der Waals surface area contributed by atoms with Crippen LogP contribution in [-0.4, -0.2) is 20.0 Å². The van der Waals surface area contributed by atoms with Crippen LogP contribution in [-0.2, 0) is 7.05 Å². The number of aromatic amines is 1. The highest BCUT2D eigenvalue weighted by Crippen LogP contribution is 2.15. The number of nitrogens with zero attached hydrogens (tertiary/aromatic N) is 3. The monoisotopic (exact) mass is 154 g/mol. The van der Waals surface area contributed by atoms with E-state index in [0.717, 1.165) is 0 Å². The lowest BCUT2D eigenvalue weighted by molar-refractivity contribution is 0.622. The van der Waals surface area contributed by atoms with Gasteiger partial charge in [-0.2, -0.15) is 0 Å². The second-order valence-corrected chi connectivity index (χ2v) is 2.47. The van der Waals surface area contributed by atoms with Crippen molar-refractivity contribution in [2.75, 3.05) is 0 Å². The van der Waals surface area contributed by atoms with Gasteiger partial charge in [0.05, 0.1) is 5.69 Å². The molecule has 0 fully saturated rings. The molecule has 0 aliphatic rings. The van der Waals surface area contributed by atoms with Crippen LogP contribution in [0, 0.1) is 12.7 Å². The third-order valence-corrected chi connectivity index (χ3v) is 1.67. The van der Waals surface area contributed by atoms with Crippen molar-refractivity contribution < 1.29 is 4.39 Å². The number of hydrogen-bond acceptors (Lipinski definition) is 2. The molecule has 2 aromatic heterocycles. The van der Waals surface area contributed by atoms with Gasteiger partial charge in [-0.3, -0.25) is 0 Å². The summed E-state index contributed by atoms with van der Waals surface area (Å²) in [4.78, 5) is 2.84. The fourth-order valence-corrected chi connectivity index (χ4v) is 1.06. The molecule has 0 amide bonds. The first-order valence-corrected chi connectivity index (χ1v) is 3.23. The summed E-state index contributed by atoms with van der Waals surface area (Å²) in [6, 6.07) is 0. The standard InChI is InChI=1S/C6H7FN4/c1-3-4(7)5-6(8-3)11(2)10-9-5/h8H,1-2H3. The molecule has 1 N–H and O–H groups in total. The lowest BCUT2D eigenvalue weighted by atomic mass is 10.4. The third kappa shape index (κ3) is 0.675. The molecule has 0 unspecified atom stereocenters. The number of hydrogen-bond donors (Lipinski definition) is 1. The summed E-state index contributed by atoms with van der Waals surface area (Å²) in [5.74, 6) is -0.312. The number of nitrogens with one attached hydrogen (secondary N) is 1. The Morgan fingerprint density at radius 3 is 2.91 bits per heavy atom. The molecule has 4 nitrogen and oxygen atoms in total.